The van der Waals surface area contributed by atoms with Crippen molar-refractivity contribution in [3.63, 3.8) is 0 Å². The van der Waals surface area contributed by atoms with Gasteiger partial charge in [-0.15, -0.1) is 11.3 Å². The Morgan fingerprint density at radius 2 is 1.93 bits per heavy atom. The van der Waals surface area contributed by atoms with Crippen LogP contribution < -0.4 is 14.8 Å². The molecular formula is C21H22N2O3S. The summed E-state index contributed by atoms with van der Waals surface area (Å²) in [6.45, 7) is 2.86. The average molecular weight is 382 g/mol. The van der Waals surface area contributed by atoms with Gasteiger partial charge in [-0.3, -0.25) is 4.79 Å². The van der Waals surface area contributed by atoms with E-state index in [1.54, 1.807) is 7.11 Å². The molecule has 3 rings (SSSR count). The standard InChI is InChI=1S/C21H22N2O3S/c1-15-7-9-18(10-8-15)26-13-21-23-17(14-27-21)11-20(24)22-12-16-5-3-4-6-19(16)25-2/h3-10,14H,11-13H2,1-2H3,(H,22,24). The molecule has 27 heavy (non-hydrogen) atoms. The second kappa shape index (κ2) is 9.19. The lowest BCUT2D eigenvalue weighted by Gasteiger charge is -2.09. The quantitative estimate of drug-likeness (QED) is 0.642. The van der Waals surface area contributed by atoms with Crippen LogP contribution in [0.15, 0.2) is 53.9 Å². The largest absolute Gasteiger partial charge is 0.496 e. The van der Waals surface area contributed by atoms with E-state index in [4.69, 9.17) is 9.47 Å². The maximum atomic E-state index is 12.2. The molecule has 0 spiro atoms. The van der Waals surface area contributed by atoms with Crippen molar-refractivity contribution >= 4 is 17.2 Å². The number of aromatic nitrogens is 1. The molecule has 6 heteroatoms. The van der Waals surface area contributed by atoms with Crippen molar-refractivity contribution in [2.45, 2.75) is 26.5 Å². The number of amides is 1. The van der Waals surface area contributed by atoms with Crippen LogP contribution in [0, 0.1) is 6.92 Å². The molecule has 0 aliphatic rings. The molecule has 0 bridgehead atoms. The highest BCUT2D eigenvalue weighted by molar-refractivity contribution is 7.09. The summed E-state index contributed by atoms with van der Waals surface area (Å²) < 4.78 is 11.0. The van der Waals surface area contributed by atoms with E-state index in [0.717, 1.165) is 27.8 Å². The molecule has 1 amide bonds. The van der Waals surface area contributed by atoms with E-state index >= 15 is 0 Å². The predicted octanol–water partition coefficient (Wildman–Crippen LogP) is 3.90. The number of nitrogens with zero attached hydrogens (tertiary/aromatic N) is 1. The van der Waals surface area contributed by atoms with Crippen LogP contribution >= 0.6 is 11.3 Å². The first kappa shape index (κ1) is 18.9. The Balaban J connectivity index is 1.48. The van der Waals surface area contributed by atoms with Crippen LogP contribution in [0.25, 0.3) is 0 Å². The van der Waals surface area contributed by atoms with Gasteiger partial charge in [0.2, 0.25) is 5.91 Å². The number of benzene rings is 2. The summed E-state index contributed by atoms with van der Waals surface area (Å²) in [6.07, 6.45) is 0.246. The molecule has 3 aromatic rings. The molecule has 0 aliphatic heterocycles. The van der Waals surface area contributed by atoms with Gasteiger partial charge in [0.05, 0.1) is 19.2 Å². The smallest absolute Gasteiger partial charge is 0.226 e. The fourth-order valence-electron chi connectivity index (χ4n) is 2.55. The maximum Gasteiger partial charge on any atom is 0.226 e. The third-order valence-corrected chi connectivity index (χ3v) is 4.86. The third kappa shape index (κ3) is 5.56. The Morgan fingerprint density at radius 3 is 2.70 bits per heavy atom. The minimum Gasteiger partial charge on any atom is -0.496 e. The summed E-state index contributed by atoms with van der Waals surface area (Å²) >= 11 is 1.50. The van der Waals surface area contributed by atoms with Crippen molar-refractivity contribution in [2.75, 3.05) is 7.11 Å². The summed E-state index contributed by atoms with van der Waals surface area (Å²) in [5, 5.41) is 5.66. The van der Waals surface area contributed by atoms with Crippen molar-refractivity contribution in [3.8, 4) is 11.5 Å². The fourth-order valence-corrected chi connectivity index (χ4v) is 3.25. The second-order valence-corrected chi connectivity index (χ2v) is 7.04. The van der Waals surface area contributed by atoms with E-state index in [1.807, 2.05) is 60.8 Å². The van der Waals surface area contributed by atoms with Crippen LogP contribution in [0.2, 0.25) is 0 Å². The van der Waals surface area contributed by atoms with Crippen molar-refractivity contribution < 1.29 is 14.3 Å². The molecule has 1 aromatic heterocycles. The Hall–Kier alpha value is -2.86. The Kier molecular flexibility index (Phi) is 6.44. The van der Waals surface area contributed by atoms with Crippen LogP contribution in [0.4, 0.5) is 0 Å². The number of nitrogens with one attached hydrogen (secondary N) is 1. The number of thiazole rings is 1. The third-order valence-electron chi connectivity index (χ3n) is 3.99. The Morgan fingerprint density at radius 1 is 1.15 bits per heavy atom. The van der Waals surface area contributed by atoms with Gasteiger partial charge in [-0.2, -0.15) is 0 Å². The van der Waals surface area contributed by atoms with Crippen molar-refractivity contribution in [3.05, 3.63) is 75.7 Å². The van der Waals surface area contributed by atoms with E-state index in [9.17, 15) is 4.79 Å². The summed E-state index contributed by atoms with van der Waals surface area (Å²) in [6, 6.07) is 15.5. The first-order valence-corrected chi connectivity index (χ1v) is 9.53. The van der Waals surface area contributed by atoms with Gasteiger partial charge in [-0.05, 0) is 25.1 Å². The lowest BCUT2D eigenvalue weighted by atomic mass is 10.2. The van der Waals surface area contributed by atoms with E-state index in [1.165, 1.54) is 16.9 Å². The van der Waals surface area contributed by atoms with Gasteiger partial charge in [0, 0.05) is 17.5 Å². The number of methoxy groups -OCH3 is 1. The van der Waals surface area contributed by atoms with E-state index in [0.29, 0.717) is 13.2 Å². The SMILES string of the molecule is COc1ccccc1CNC(=O)Cc1csc(COc2ccc(C)cc2)n1. The number of carbonyl (C=O) groups is 1. The van der Waals surface area contributed by atoms with Gasteiger partial charge in [0.15, 0.2) is 0 Å². The molecule has 0 atom stereocenters. The zero-order valence-corrected chi connectivity index (χ0v) is 16.2. The fraction of sp³-hybridized carbons (Fsp3) is 0.238. The molecule has 0 saturated heterocycles. The zero-order chi connectivity index (χ0) is 19.1. The number of rotatable bonds is 8. The molecule has 1 N–H and O–H groups in total. The summed E-state index contributed by atoms with van der Waals surface area (Å²) in [7, 11) is 1.62. The molecule has 1 heterocycles. The number of hydrogen-bond donors (Lipinski definition) is 1. The number of hydrogen-bond acceptors (Lipinski definition) is 5. The van der Waals surface area contributed by atoms with Crippen molar-refractivity contribution in [2.24, 2.45) is 0 Å². The topological polar surface area (TPSA) is 60.5 Å². The van der Waals surface area contributed by atoms with Gasteiger partial charge in [-0.1, -0.05) is 35.9 Å². The summed E-state index contributed by atoms with van der Waals surface area (Å²) in [5.74, 6) is 1.51. The van der Waals surface area contributed by atoms with Gasteiger partial charge in [-0.25, -0.2) is 4.98 Å². The molecule has 140 valence electrons. The first-order chi connectivity index (χ1) is 13.1. The molecule has 0 aliphatic carbocycles. The lowest BCUT2D eigenvalue weighted by Crippen LogP contribution is -2.24. The first-order valence-electron chi connectivity index (χ1n) is 8.65. The summed E-state index contributed by atoms with van der Waals surface area (Å²) in [4.78, 5) is 16.7. The number of ether oxygens (including phenoxy) is 2. The molecule has 0 fully saturated rings. The molecular weight excluding hydrogens is 360 g/mol. The van der Waals surface area contributed by atoms with Crippen LogP contribution in [-0.4, -0.2) is 18.0 Å². The van der Waals surface area contributed by atoms with Gasteiger partial charge in [0.1, 0.15) is 23.1 Å². The van der Waals surface area contributed by atoms with Crippen LogP contribution in [-0.2, 0) is 24.4 Å². The van der Waals surface area contributed by atoms with Gasteiger partial charge < -0.3 is 14.8 Å². The number of aryl methyl sites for hydroxylation is 1. The average Bonchev–Trinajstić information content (AvgIpc) is 3.13. The molecule has 2 aromatic carbocycles. The van der Waals surface area contributed by atoms with Crippen LogP contribution in [0.3, 0.4) is 0 Å². The molecule has 0 saturated carbocycles. The highest BCUT2D eigenvalue weighted by atomic mass is 32.1. The highest BCUT2D eigenvalue weighted by Crippen LogP contribution is 2.18. The molecule has 5 nitrogen and oxygen atoms in total. The predicted molar refractivity (Wildman–Crippen MR) is 106 cm³/mol. The normalized spacial score (nSPS) is 10.4. The Labute approximate surface area is 163 Å². The van der Waals surface area contributed by atoms with E-state index in [2.05, 4.69) is 10.3 Å². The van der Waals surface area contributed by atoms with Crippen LogP contribution in [0.5, 0.6) is 11.5 Å². The van der Waals surface area contributed by atoms with Gasteiger partial charge >= 0.3 is 0 Å². The van der Waals surface area contributed by atoms with E-state index in [-0.39, 0.29) is 12.3 Å². The minimum atomic E-state index is -0.0720. The summed E-state index contributed by atoms with van der Waals surface area (Å²) in [5.41, 5.74) is 2.89. The highest BCUT2D eigenvalue weighted by Gasteiger charge is 2.09. The molecule has 0 unspecified atom stereocenters. The second-order valence-electron chi connectivity index (χ2n) is 6.10. The maximum absolute atomic E-state index is 12.2. The lowest BCUT2D eigenvalue weighted by molar-refractivity contribution is -0.120. The van der Waals surface area contributed by atoms with Crippen molar-refractivity contribution in [1.82, 2.24) is 10.3 Å². The Bertz CT molecular complexity index is 890. The van der Waals surface area contributed by atoms with Crippen LogP contribution in [0.1, 0.15) is 21.8 Å². The molecule has 0 radical (unpaired) electrons. The number of para-hydroxylation sites is 1. The van der Waals surface area contributed by atoms with Gasteiger partial charge in [0.25, 0.3) is 0 Å². The zero-order valence-electron chi connectivity index (χ0n) is 15.4. The minimum absolute atomic E-state index is 0.0720. The van der Waals surface area contributed by atoms with Crippen molar-refractivity contribution in [1.29, 1.82) is 0 Å². The number of carbonyl (C=O) groups excluding carboxylic acids is 1. The van der Waals surface area contributed by atoms with E-state index < -0.39 is 0 Å². The monoisotopic (exact) mass is 382 g/mol.